The number of carboxylic acid groups (broad SMARTS) is 1. The van der Waals surface area contributed by atoms with E-state index in [1.165, 1.54) is 25.2 Å². The Kier molecular flexibility index (Phi) is 5.59. The molecule has 0 atom stereocenters. The van der Waals surface area contributed by atoms with E-state index in [2.05, 4.69) is 21.2 Å². The monoisotopic (exact) mass is 368 g/mol. The van der Waals surface area contributed by atoms with E-state index in [0.29, 0.717) is 4.47 Å². The van der Waals surface area contributed by atoms with Crippen molar-refractivity contribution >= 4 is 33.6 Å². The highest BCUT2D eigenvalue weighted by Gasteiger charge is 2.28. The largest absolute Gasteiger partial charge is 0.478 e. The van der Waals surface area contributed by atoms with Crippen LogP contribution in [-0.2, 0) is 0 Å². The topological polar surface area (TPSA) is 69.6 Å². The molecule has 0 aliphatic heterocycles. The van der Waals surface area contributed by atoms with Gasteiger partial charge in [0.1, 0.15) is 0 Å². The highest BCUT2D eigenvalue weighted by Crippen LogP contribution is 2.24. The second kappa shape index (κ2) is 6.79. The summed E-state index contributed by atoms with van der Waals surface area (Å²) in [6.45, 7) is -0.472. The number of hydrogen-bond acceptors (Lipinski definition) is 2. The zero-order chi connectivity index (χ0) is 16.2. The number of nitrogens with one attached hydrogen (secondary N) is 1. The van der Waals surface area contributed by atoms with Gasteiger partial charge in [-0.05, 0) is 34.1 Å². The van der Waals surface area contributed by atoms with Gasteiger partial charge in [-0.15, -0.1) is 0 Å². The molecule has 1 aromatic carbocycles. The SMILES string of the molecule is CN(CCC(F)(F)F)C(=O)Nc1ccc(C(=O)O)cc1Br. The van der Waals surface area contributed by atoms with E-state index >= 15 is 0 Å². The molecule has 0 spiro atoms. The Balaban J connectivity index is 2.68. The van der Waals surface area contributed by atoms with Crippen molar-refractivity contribution in [3.8, 4) is 0 Å². The Morgan fingerprint density at radius 1 is 1.38 bits per heavy atom. The van der Waals surface area contributed by atoms with Crippen molar-refractivity contribution in [2.75, 3.05) is 18.9 Å². The molecule has 0 aromatic heterocycles. The lowest BCUT2D eigenvalue weighted by molar-refractivity contribution is -0.135. The summed E-state index contributed by atoms with van der Waals surface area (Å²) >= 11 is 3.09. The normalized spacial score (nSPS) is 11.1. The Bertz CT molecular complexity index is 549. The lowest BCUT2D eigenvalue weighted by atomic mass is 10.2. The van der Waals surface area contributed by atoms with Gasteiger partial charge in [-0.2, -0.15) is 13.2 Å². The Labute approximate surface area is 126 Å². The molecular formula is C12H12BrF3N2O3. The number of aromatic carboxylic acids is 1. The maximum absolute atomic E-state index is 12.1. The lowest BCUT2D eigenvalue weighted by Crippen LogP contribution is -2.34. The van der Waals surface area contributed by atoms with Crippen LogP contribution < -0.4 is 5.32 Å². The summed E-state index contributed by atoms with van der Waals surface area (Å²) in [5, 5.41) is 11.2. The van der Waals surface area contributed by atoms with Gasteiger partial charge in [0.25, 0.3) is 0 Å². The first-order valence-corrected chi connectivity index (χ1v) is 6.51. The number of anilines is 1. The molecule has 2 amide bonds. The number of nitrogens with zero attached hydrogens (tertiary/aromatic N) is 1. The maximum Gasteiger partial charge on any atom is 0.390 e. The third-order valence-electron chi connectivity index (χ3n) is 2.54. The van der Waals surface area contributed by atoms with Crippen LogP contribution in [0.4, 0.5) is 23.7 Å². The van der Waals surface area contributed by atoms with Gasteiger partial charge >= 0.3 is 18.2 Å². The fraction of sp³-hybridized carbons (Fsp3) is 0.333. The molecule has 0 aliphatic carbocycles. The van der Waals surface area contributed by atoms with Crippen molar-refractivity contribution in [2.24, 2.45) is 0 Å². The van der Waals surface area contributed by atoms with Gasteiger partial charge in [-0.25, -0.2) is 9.59 Å². The molecule has 116 valence electrons. The van der Waals surface area contributed by atoms with Crippen molar-refractivity contribution in [1.29, 1.82) is 0 Å². The van der Waals surface area contributed by atoms with E-state index in [1.807, 2.05) is 0 Å². The van der Waals surface area contributed by atoms with Gasteiger partial charge in [0.15, 0.2) is 0 Å². The highest BCUT2D eigenvalue weighted by molar-refractivity contribution is 9.10. The Morgan fingerprint density at radius 3 is 2.48 bits per heavy atom. The minimum absolute atomic E-state index is 0.0188. The Hall–Kier alpha value is -1.77. The number of rotatable bonds is 4. The van der Waals surface area contributed by atoms with Gasteiger partial charge in [0, 0.05) is 18.1 Å². The summed E-state index contributed by atoms with van der Waals surface area (Å²) < 4.78 is 36.5. The number of alkyl halides is 3. The summed E-state index contributed by atoms with van der Waals surface area (Å²) in [6.07, 6.45) is -5.44. The number of amides is 2. The summed E-state index contributed by atoms with van der Waals surface area (Å²) in [4.78, 5) is 23.4. The summed E-state index contributed by atoms with van der Waals surface area (Å²) in [6, 6.07) is 3.19. The molecule has 5 nitrogen and oxygen atoms in total. The molecule has 0 fully saturated rings. The zero-order valence-corrected chi connectivity index (χ0v) is 12.5. The molecule has 1 rings (SSSR count). The van der Waals surface area contributed by atoms with E-state index < -0.39 is 31.1 Å². The number of urea groups is 1. The number of halogens is 4. The van der Waals surface area contributed by atoms with Crippen LogP contribution in [0.2, 0.25) is 0 Å². The van der Waals surface area contributed by atoms with Gasteiger partial charge in [-0.1, -0.05) is 0 Å². The van der Waals surface area contributed by atoms with Crippen LogP contribution in [0.5, 0.6) is 0 Å². The molecule has 2 N–H and O–H groups in total. The van der Waals surface area contributed by atoms with Crippen LogP contribution in [0.3, 0.4) is 0 Å². The van der Waals surface area contributed by atoms with Crippen LogP contribution in [0.15, 0.2) is 22.7 Å². The first-order valence-electron chi connectivity index (χ1n) is 5.72. The smallest absolute Gasteiger partial charge is 0.390 e. The molecule has 1 aromatic rings. The number of benzene rings is 1. The quantitative estimate of drug-likeness (QED) is 0.853. The fourth-order valence-electron chi connectivity index (χ4n) is 1.36. The van der Waals surface area contributed by atoms with Crippen LogP contribution >= 0.6 is 15.9 Å². The number of carbonyl (C=O) groups excluding carboxylic acids is 1. The minimum atomic E-state index is -4.34. The first-order chi connectivity index (χ1) is 9.60. The van der Waals surface area contributed by atoms with Crippen LogP contribution in [0.1, 0.15) is 16.8 Å². The summed E-state index contributed by atoms with van der Waals surface area (Å²) in [5.41, 5.74) is 0.286. The van der Waals surface area contributed by atoms with Crippen molar-refractivity contribution in [2.45, 2.75) is 12.6 Å². The number of hydrogen-bond donors (Lipinski definition) is 2. The van der Waals surface area contributed by atoms with E-state index in [0.717, 1.165) is 4.90 Å². The van der Waals surface area contributed by atoms with Crippen molar-refractivity contribution in [3.05, 3.63) is 28.2 Å². The third kappa shape index (κ3) is 5.62. The van der Waals surface area contributed by atoms with E-state index in [9.17, 15) is 22.8 Å². The molecule has 9 heteroatoms. The second-order valence-corrected chi connectivity index (χ2v) is 5.07. The molecule has 21 heavy (non-hydrogen) atoms. The molecule has 0 saturated carbocycles. The molecule has 0 unspecified atom stereocenters. The zero-order valence-electron chi connectivity index (χ0n) is 10.9. The fourth-order valence-corrected chi connectivity index (χ4v) is 1.83. The predicted octanol–water partition coefficient (Wildman–Crippen LogP) is 3.56. The van der Waals surface area contributed by atoms with Gasteiger partial charge in [0.05, 0.1) is 17.7 Å². The van der Waals surface area contributed by atoms with E-state index in [-0.39, 0.29) is 11.3 Å². The third-order valence-corrected chi connectivity index (χ3v) is 3.19. The van der Waals surface area contributed by atoms with Crippen molar-refractivity contribution < 1.29 is 27.9 Å². The van der Waals surface area contributed by atoms with Crippen molar-refractivity contribution in [3.63, 3.8) is 0 Å². The van der Waals surface area contributed by atoms with Crippen molar-refractivity contribution in [1.82, 2.24) is 4.90 Å². The number of carbonyl (C=O) groups is 2. The van der Waals surface area contributed by atoms with Crippen LogP contribution in [-0.4, -0.2) is 41.8 Å². The maximum atomic E-state index is 12.1. The van der Waals surface area contributed by atoms with E-state index in [4.69, 9.17) is 5.11 Å². The highest BCUT2D eigenvalue weighted by atomic mass is 79.9. The predicted molar refractivity (Wildman–Crippen MR) is 73.4 cm³/mol. The average Bonchev–Trinajstić information content (AvgIpc) is 2.37. The minimum Gasteiger partial charge on any atom is -0.478 e. The number of carboxylic acids is 1. The van der Waals surface area contributed by atoms with Crippen LogP contribution in [0, 0.1) is 0 Å². The van der Waals surface area contributed by atoms with Gasteiger partial charge in [0.2, 0.25) is 0 Å². The lowest BCUT2D eigenvalue weighted by Gasteiger charge is -2.19. The molecule has 0 heterocycles. The molecular weight excluding hydrogens is 357 g/mol. The molecule has 0 bridgehead atoms. The Morgan fingerprint density at radius 2 is 2.00 bits per heavy atom. The second-order valence-electron chi connectivity index (χ2n) is 4.22. The summed E-state index contributed by atoms with van der Waals surface area (Å²) in [7, 11) is 1.24. The van der Waals surface area contributed by atoms with Gasteiger partial charge in [-0.3, -0.25) is 0 Å². The summed E-state index contributed by atoms with van der Waals surface area (Å²) in [5.74, 6) is -1.13. The molecule has 0 aliphatic rings. The van der Waals surface area contributed by atoms with E-state index in [1.54, 1.807) is 0 Å². The molecule has 0 radical (unpaired) electrons. The van der Waals surface area contributed by atoms with Gasteiger partial charge < -0.3 is 15.3 Å². The molecule has 0 saturated heterocycles. The standard InChI is InChI=1S/C12H12BrF3N2O3/c1-18(5-4-12(14,15)16)11(21)17-9-3-2-7(10(19)20)6-8(9)13/h2-3,6H,4-5H2,1H3,(H,17,21)(H,19,20). The first kappa shape index (κ1) is 17.3. The van der Waals surface area contributed by atoms with Crippen LogP contribution in [0.25, 0.3) is 0 Å². The average molecular weight is 369 g/mol.